The Hall–Kier alpha value is -2.08. The number of anilines is 1. The molecule has 0 aliphatic carbocycles. The fourth-order valence-corrected chi connectivity index (χ4v) is 1.99. The van der Waals surface area contributed by atoms with Crippen LogP contribution < -0.4 is 21.1 Å². The van der Waals surface area contributed by atoms with Crippen LogP contribution in [0.3, 0.4) is 0 Å². The molecule has 0 radical (unpaired) electrons. The SMILES string of the molecule is CN1C(=O)C(N)COc2ccc(CCC(N)=O)cc21. The molecule has 1 aromatic rings. The minimum Gasteiger partial charge on any atom is -0.489 e. The van der Waals surface area contributed by atoms with Crippen molar-refractivity contribution in [1.82, 2.24) is 0 Å². The van der Waals surface area contributed by atoms with Crippen molar-refractivity contribution in [1.29, 1.82) is 0 Å². The van der Waals surface area contributed by atoms with Crippen LogP contribution in [0.15, 0.2) is 18.2 Å². The Bertz CT molecular complexity index is 516. The van der Waals surface area contributed by atoms with E-state index in [2.05, 4.69) is 0 Å². The van der Waals surface area contributed by atoms with Crippen molar-refractivity contribution in [3.05, 3.63) is 23.8 Å². The number of ether oxygens (including phenoxy) is 1. The Morgan fingerprint density at radius 1 is 1.53 bits per heavy atom. The van der Waals surface area contributed by atoms with Gasteiger partial charge >= 0.3 is 0 Å². The van der Waals surface area contributed by atoms with E-state index in [-0.39, 0.29) is 24.8 Å². The summed E-state index contributed by atoms with van der Waals surface area (Å²) in [5, 5.41) is 0. The van der Waals surface area contributed by atoms with E-state index in [4.69, 9.17) is 16.2 Å². The largest absolute Gasteiger partial charge is 0.489 e. The molecule has 1 heterocycles. The standard InChI is InChI=1S/C13H17N3O3/c1-16-10-6-8(3-5-12(15)17)2-4-11(10)19-7-9(14)13(16)18/h2,4,6,9H,3,5,7,14H2,1H3,(H2,15,17). The second-order valence-corrected chi connectivity index (χ2v) is 4.58. The fourth-order valence-electron chi connectivity index (χ4n) is 1.99. The second kappa shape index (κ2) is 5.27. The minimum atomic E-state index is -0.661. The first-order chi connectivity index (χ1) is 8.99. The second-order valence-electron chi connectivity index (χ2n) is 4.58. The molecule has 4 N–H and O–H groups in total. The summed E-state index contributed by atoms with van der Waals surface area (Å²) in [6, 6.07) is 4.81. The van der Waals surface area contributed by atoms with Crippen LogP contribution in [0.4, 0.5) is 5.69 Å². The van der Waals surface area contributed by atoms with E-state index in [0.717, 1.165) is 5.56 Å². The number of amides is 2. The van der Waals surface area contributed by atoms with E-state index in [1.54, 1.807) is 13.1 Å². The van der Waals surface area contributed by atoms with Gasteiger partial charge in [0.05, 0.1) is 5.69 Å². The van der Waals surface area contributed by atoms with E-state index in [1.165, 1.54) is 4.90 Å². The maximum absolute atomic E-state index is 11.9. The molecule has 2 amide bonds. The molecule has 1 unspecified atom stereocenters. The summed E-state index contributed by atoms with van der Waals surface area (Å²) in [6.45, 7) is 0.163. The summed E-state index contributed by atoms with van der Waals surface area (Å²) < 4.78 is 5.50. The number of carbonyl (C=O) groups is 2. The summed E-state index contributed by atoms with van der Waals surface area (Å²) in [4.78, 5) is 24.2. The lowest BCUT2D eigenvalue weighted by atomic mass is 10.1. The predicted molar refractivity (Wildman–Crippen MR) is 70.8 cm³/mol. The average Bonchev–Trinajstić information content (AvgIpc) is 2.49. The number of hydrogen-bond acceptors (Lipinski definition) is 4. The van der Waals surface area contributed by atoms with Crippen LogP contribution in [0.2, 0.25) is 0 Å². The van der Waals surface area contributed by atoms with Gasteiger partial charge in [-0.15, -0.1) is 0 Å². The summed E-state index contributed by atoms with van der Waals surface area (Å²) in [5.74, 6) is 0.0788. The van der Waals surface area contributed by atoms with E-state index in [0.29, 0.717) is 17.9 Å². The topological polar surface area (TPSA) is 98.7 Å². The van der Waals surface area contributed by atoms with Gasteiger partial charge in [-0.1, -0.05) is 6.07 Å². The van der Waals surface area contributed by atoms with E-state index in [9.17, 15) is 9.59 Å². The van der Waals surface area contributed by atoms with Gasteiger partial charge in [-0.3, -0.25) is 9.59 Å². The molecule has 0 bridgehead atoms. The van der Waals surface area contributed by atoms with Gasteiger partial charge in [0, 0.05) is 13.5 Å². The van der Waals surface area contributed by atoms with Gasteiger partial charge in [0.1, 0.15) is 18.4 Å². The number of nitrogens with zero attached hydrogens (tertiary/aromatic N) is 1. The molecule has 2 rings (SSSR count). The number of carbonyl (C=O) groups excluding carboxylic acids is 2. The molecule has 102 valence electrons. The van der Waals surface area contributed by atoms with E-state index < -0.39 is 6.04 Å². The van der Waals surface area contributed by atoms with Crippen LogP contribution in [-0.2, 0) is 16.0 Å². The molecular formula is C13H17N3O3. The molecule has 0 fully saturated rings. The molecule has 1 aromatic carbocycles. The van der Waals surface area contributed by atoms with Gasteiger partial charge in [-0.25, -0.2) is 0 Å². The first-order valence-electron chi connectivity index (χ1n) is 6.06. The van der Waals surface area contributed by atoms with Crippen LogP contribution >= 0.6 is 0 Å². The van der Waals surface area contributed by atoms with Crippen LogP contribution in [0.25, 0.3) is 0 Å². The van der Waals surface area contributed by atoms with Crippen molar-refractivity contribution in [2.75, 3.05) is 18.6 Å². The molecule has 0 spiro atoms. The van der Waals surface area contributed by atoms with Gasteiger partial charge in [-0.2, -0.15) is 0 Å². The van der Waals surface area contributed by atoms with Gasteiger partial charge in [0.2, 0.25) is 11.8 Å². The third kappa shape index (κ3) is 2.85. The molecule has 0 aromatic heterocycles. The van der Waals surface area contributed by atoms with Crippen molar-refractivity contribution >= 4 is 17.5 Å². The number of likely N-dealkylation sites (N-methyl/N-ethyl adjacent to an activating group) is 1. The highest BCUT2D eigenvalue weighted by Gasteiger charge is 2.26. The number of primary amides is 1. The molecule has 6 heteroatoms. The lowest BCUT2D eigenvalue weighted by Crippen LogP contribution is -2.43. The van der Waals surface area contributed by atoms with Gasteiger partial charge < -0.3 is 21.1 Å². The summed E-state index contributed by atoms with van der Waals surface area (Å²) >= 11 is 0. The van der Waals surface area contributed by atoms with E-state index in [1.807, 2.05) is 12.1 Å². The minimum absolute atomic E-state index is 0.163. The monoisotopic (exact) mass is 263 g/mol. The lowest BCUT2D eigenvalue weighted by molar-refractivity contribution is -0.120. The summed E-state index contributed by atoms with van der Waals surface area (Å²) in [7, 11) is 1.66. The molecule has 6 nitrogen and oxygen atoms in total. The van der Waals surface area contributed by atoms with Crippen molar-refractivity contribution in [3.63, 3.8) is 0 Å². The molecule has 1 atom stereocenters. The Morgan fingerprint density at radius 3 is 2.95 bits per heavy atom. The zero-order chi connectivity index (χ0) is 14.0. The lowest BCUT2D eigenvalue weighted by Gasteiger charge is -2.18. The molecule has 0 saturated heterocycles. The zero-order valence-corrected chi connectivity index (χ0v) is 10.8. The Kier molecular flexibility index (Phi) is 3.71. The fraction of sp³-hybridized carbons (Fsp3) is 0.385. The number of rotatable bonds is 3. The first-order valence-corrected chi connectivity index (χ1v) is 6.06. The van der Waals surface area contributed by atoms with Crippen molar-refractivity contribution in [2.24, 2.45) is 11.5 Å². The molecule has 19 heavy (non-hydrogen) atoms. The smallest absolute Gasteiger partial charge is 0.247 e. The average molecular weight is 263 g/mol. The van der Waals surface area contributed by atoms with E-state index >= 15 is 0 Å². The normalized spacial score (nSPS) is 18.5. The third-order valence-electron chi connectivity index (χ3n) is 3.11. The van der Waals surface area contributed by atoms with Gasteiger partial charge in [0.25, 0.3) is 0 Å². The first kappa shape index (κ1) is 13.4. The number of fused-ring (bicyclic) bond motifs is 1. The third-order valence-corrected chi connectivity index (χ3v) is 3.11. The van der Waals surface area contributed by atoms with Crippen molar-refractivity contribution < 1.29 is 14.3 Å². The predicted octanol–water partition coefficient (Wildman–Crippen LogP) is -0.213. The highest BCUT2D eigenvalue weighted by molar-refractivity contribution is 5.98. The molecular weight excluding hydrogens is 246 g/mol. The Labute approximate surface area is 111 Å². The summed E-state index contributed by atoms with van der Waals surface area (Å²) in [6.07, 6.45) is 0.813. The van der Waals surface area contributed by atoms with Gasteiger partial charge in [-0.05, 0) is 24.1 Å². The molecule has 1 aliphatic rings. The Morgan fingerprint density at radius 2 is 2.26 bits per heavy atom. The zero-order valence-electron chi connectivity index (χ0n) is 10.8. The number of benzene rings is 1. The van der Waals surface area contributed by atoms with Crippen LogP contribution in [0, 0.1) is 0 Å². The van der Waals surface area contributed by atoms with Crippen molar-refractivity contribution in [3.8, 4) is 5.75 Å². The number of aryl methyl sites for hydroxylation is 1. The van der Waals surface area contributed by atoms with Crippen molar-refractivity contribution in [2.45, 2.75) is 18.9 Å². The number of hydrogen-bond donors (Lipinski definition) is 2. The molecule has 1 aliphatic heterocycles. The van der Waals surface area contributed by atoms with Crippen LogP contribution in [0.1, 0.15) is 12.0 Å². The Balaban J connectivity index is 2.28. The highest BCUT2D eigenvalue weighted by Crippen LogP contribution is 2.31. The summed E-state index contributed by atoms with van der Waals surface area (Å²) in [5.41, 5.74) is 12.4. The van der Waals surface area contributed by atoms with Crippen LogP contribution in [0.5, 0.6) is 5.75 Å². The maximum atomic E-state index is 11.9. The molecule has 0 saturated carbocycles. The maximum Gasteiger partial charge on any atom is 0.247 e. The van der Waals surface area contributed by atoms with Gasteiger partial charge in [0.15, 0.2) is 0 Å². The number of nitrogens with two attached hydrogens (primary N) is 2. The quantitative estimate of drug-likeness (QED) is 0.788. The highest BCUT2D eigenvalue weighted by atomic mass is 16.5. The van der Waals surface area contributed by atoms with Crippen LogP contribution in [-0.4, -0.2) is 31.5 Å².